The maximum Gasteiger partial charge on any atom is 0.307 e. The van der Waals surface area contributed by atoms with Crippen molar-refractivity contribution in [1.82, 2.24) is 0 Å². The van der Waals surface area contributed by atoms with E-state index < -0.39 is 15.8 Å². The molecular formula is C21H23ClO4S. The summed E-state index contributed by atoms with van der Waals surface area (Å²) in [4.78, 5) is 11.5. The smallest absolute Gasteiger partial charge is 0.307 e. The van der Waals surface area contributed by atoms with E-state index in [0.717, 1.165) is 36.8 Å². The molecule has 1 fully saturated rings. The Bertz CT molecular complexity index is 913. The third-order valence-electron chi connectivity index (χ3n) is 5.36. The lowest BCUT2D eigenvalue weighted by molar-refractivity contribution is -0.136. The highest BCUT2D eigenvalue weighted by Crippen LogP contribution is 2.43. The maximum atomic E-state index is 13.0. The summed E-state index contributed by atoms with van der Waals surface area (Å²) in [6.45, 7) is 0. The van der Waals surface area contributed by atoms with Crippen LogP contribution in [0.15, 0.2) is 53.4 Å². The monoisotopic (exact) mass is 406 g/mol. The first-order valence-corrected chi connectivity index (χ1v) is 11.1. The number of carboxylic acids is 1. The second-order valence-corrected chi connectivity index (χ2v) is 9.86. The van der Waals surface area contributed by atoms with Gasteiger partial charge in [-0.2, -0.15) is 0 Å². The van der Waals surface area contributed by atoms with Crippen molar-refractivity contribution in [2.24, 2.45) is 5.41 Å². The van der Waals surface area contributed by atoms with Crippen LogP contribution in [0.25, 0.3) is 0 Å². The highest BCUT2D eigenvalue weighted by atomic mass is 35.5. The zero-order valence-corrected chi connectivity index (χ0v) is 16.6. The summed E-state index contributed by atoms with van der Waals surface area (Å²) in [5.41, 5.74) is 1.35. The fraction of sp³-hybridized carbons (Fsp3) is 0.381. The first kappa shape index (κ1) is 19.9. The number of hydrogen-bond donors (Lipinski definition) is 1. The number of aliphatic carboxylic acids is 1. The number of carboxylic acid groups (broad SMARTS) is 1. The van der Waals surface area contributed by atoms with E-state index in [1.54, 1.807) is 24.3 Å². The molecule has 0 bridgehead atoms. The van der Waals surface area contributed by atoms with Gasteiger partial charge in [-0.1, -0.05) is 48.7 Å². The Balaban J connectivity index is 1.89. The lowest BCUT2D eigenvalue weighted by Crippen LogP contribution is -2.30. The molecule has 2 aromatic rings. The summed E-state index contributed by atoms with van der Waals surface area (Å²) >= 11 is 5.88. The third kappa shape index (κ3) is 4.90. The molecule has 27 heavy (non-hydrogen) atoms. The second-order valence-electron chi connectivity index (χ2n) is 7.44. The van der Waals surface area contributed by atoms with Crippen LogP contribution in [0, 0.1) is 5.41 Å². The fourth-order valence-corrected chi connectivity index (χ4v) is 6.14. The van der Waals surface area contributed by atoms with Gasteiger partial charge in [-0.05, 0) is 60.1 Å². The molecule has 0 aliphatic heterocycles. The number of benzene rings is 2. The average Bonchev–Trinajstić information content (AvgIpc) is 3.04. The molecule has 1 saturated carbocycles. The summed E-state index contributed by atoms with van der Waals surface area (Å²) in [6.07, 6.45) is 4.20. The summed E-state index contributed by atoms with van der Waals surface area (Å²) < 4.78 is 26.0. The predicted octanol–water partition coefficient (Wildman–Crippen LogP) is 4.54. The molecular weight excluding hydrogens is 384 g/mol. The van der Waals surface area contributed by atoms with Crippen LogP contribution in [0.3, 0.4) is 0 Å². The van der Waals surface area contributed by atoms with Gasteiger partial charge >= 0.3 is 5.97 Å². The van der Waals surface area contributed by atoms with E-state index in [-0.39, 0.29) is 22.5 Å². The molecule has 4 nitrogen and oxygen atoms in total. The van der Waals surface area contributed by atoms with Crippen molar-refractivity contribution in [2.75, 3.05) is 5.75 Å². The average molecular weight is 407 g/mol. The van der Waals surface area contributed by atoms with Gasteiger partial charge in [-0.25, -0.2) is 8.42 Å². The highest BCUT2D eigenvalue weighted by Gasteiger charge is 2.39. The van der Waals surface area contributed by atoms with Gasteiger partial charge in [0.2, 0.25) is 0 Å². The molecule has 2 aromatic carbocycles. The normalized spacial score (nSPS) is 16.3. The van der Waals surface area contributed by atoms with E-state index in [4.69, 9.17) is 16.7 Å². The van der Waals surface area contributed by atoms with Crippen molar-refractivity contribution >= 4 is 27.4 Å². The molecule has 0 heterocycles. The van der Waals surface area contributed by atoms with Crippen LogP contribution in [0.2, 0.25) is 5.02 Å². The zero-order valence-electron chi connectivity index (χ0n) is 15.0. The molecule has 0 saturated heterocycles. The summed E-state index contributed by atoms with van der Waals surface area (Å²) in [7, 11) is -3.45. The van der Waals surface area contributed by atoms with Gasteiger partial charge in [0.1, 0.15) is 0 Å². The fourth-order valence-electron chi connectivity index (χ4n) is 4.09. The summed E-state index contributed by atoms with van der Waals surface area (Å²) in [5, 5.41) is 9.67. The third-order valence-corrected chi connectivity index (χ3v) is 7.59. The van der Waals surface area contributed by atoms with Gasteiger partial charge in [0.15, 0.2) is 9.84 Å². The molecule has 0 spiro atoms. The van der Waals surface area contributed by atoms with E-state index in [1.807, 2.05) is 24.3 Å². The van der Waals surface area contributed by atoms with E-state index in [9.17, 15) is 13.2 Å². The SMILES string of the molecule is O=C(O)Cc1ccccc1CC1(CS(=O)(=O)c2ccc(Cl)cc2)CCCC1. The van der Waals surface area contributed by atoms with Gasteiger partial charge < -0.3 is 5.11 Å². The van der Waals surface area contributed by atoms with Crippen LogP contribution in [0.5, 0.6) is 0 Å². The lowest BCUT2D eigenvalue weighted by Gasteiger charge is -2.30. The Kier molecular flexibility index (Phi) is 5.92. The van der Waals surface area contributed by atoms with Gasteiger partial charge in [-0.15, -0.1) is 0 Å². The van der Waals surface area contributed by atoms with Crippen molar-refractivity contribution in [1.29, 1.82) is 0 Å². The first-order valence-electron chi connectivity index (χ1n) is 9.07. The Labute approximate surface area is 165 Å². The Hall–Kier alpha value is -1.85. The summed E-state index contributed by atoms with van der Waals surface area (Å²) in [5.74, 6) is -0.806. The standard InChI is InChI=1S/C21H23ClO4S/c22-18-7-9-19(10-8-18)27(25,26)15-21(11-3-4-12-21)14-17-6-2-1-5-16(17)13-20(23)24/h1-2,5-10H,3-4,11-15H2,(H,23,24). The van der Waals surface area contributed by atoms with Gasteiger partial charge in [0, 0.05) is 5.02 Å². The van der Waals surface area contributed by atoms with E-state index in [2.05, 4.69) is 0 Å². The molecule has 0 unspecified atom stereocenters. The predicted molar refractivity (Wildman–Crippen MR) is 106 cm³/mol. The topological polar surface area (TPSA) is 71.4 Å². The van der Waals surface area contributed by atoms with Crippen LogP contribution in [0.4, 0.5) is 0 Å². The molecule has 6 heteroatoms. The van der Waals surface area contributed by atoms with E-state index in [1.165, 1.54) is 0 Å². The minimum atomic E-state index is -3.45. The van der Waals surface area contributed by atoms with Crippen LogP contribution >= 0.6 is 11.6 Å². The number of halogens is 1. The quantitative estimate of drug-likeness (QED) is 0.732. The van der Waals surface area contributed by atoms with Gasteiger partial charge in [0.05, 0.1) is 17.1 Å². The van der Waals surface area contributed by atoms with Crippen LogP contribution in [0.1, 0.15) is 36.8 Å². The van der Waals surface area contributed by atoms with Crippen LogP contribution in [-0.4, -0.2) is 25.2 Å². The van der Waals surface area contributed by atoms with E-state index in [0.29, 0.717) is 11.4 Å². The zero-order chi connectivity index (χ0) is 19.5. The Morgan fingerprint density at radius 2 is 1.59 bits per heavy atom. The molecule has 1 aliphatic rings. The van der Waals surface area contributed by atoms with Crippen molar-refractivity contribution in [3.63, 3.8) is 0 Å². The second kappa shape index (κ2) is 8.03. The van der Waals surface area contributed by atoms with Crippen molar-refractivity contribution in [3.05, 3.63) is 64.7 Å². The molecule has 0 aromatic heterocycles. The molecule has 0 radical (unpaired) electrons. The summed E-state index contributed by atoms with van der Waals surface area (Å²) in [6, 6.07) is 13.8. The number of sulfone groups is 1. The number of hydrogen-bond acceptors (Lipinski definition) is 3. The molecule has 1 aliphatic carbocycles. The largest absolute Gasteiger partial charge is 0.481 e. The first-order chi connectivity index (χ1) is 12.8. The maximum absolute atomic E-state index is 13.0. The lowest BCUT2D eigenvalue weighted by atomic mass is 9.80. The molecule has 0 atom stereocenters. The highest BCUT2D eigenvalue weighted by molar-refractivity contribution is 7.91. The Morgan fingerprint density at radius 3 is 2.19 bits per heavy atom. The van der Waals surface area contributed by atoms with Crippen LogP contribution in [-0.2, 0) is 27.5 Å². The van der Waals surface area contributed by atoms with E-state index >= 15 is 0 Å². The molecule has 1 N–H and O–H groups in total. The molecule has 144 valence electrons. The van der Waals surface area contributed by atoms with Crippen molar-refractivity contribution in [2.45, 2.75) is 43.4 Å². The number of carbonyl (C=O) groups is 1. The Morgan fingerprint density at radius 1 is 1.00 bits per heavy atom. The molecule has 0 amide bonds. The number of rotatable bonds is 7. The van der Waals surface area contributed by atoms with Gasteiger partial charge in [0.25, 0.3) is 0 Å². The minimum Gasteiger partial charge on any atom is -0.481 e. The van der Waals surface area contributed by atoms with Gasteiger partial charge in [-0.3, -0.25) is 4.79 Å². The van der Waals surface area contributed by atoms with Crippen LogP contribution < -0.4 is 0 Å². The minimum absolute atomic E-state index is 0.0454. The van der Waals surface area contributed by atoms with Crippen molar-refractivity contribution < 1.29 is 18.3 Å². The van der Waals surface area contributed by atoms with Crippen molar-refractivity contribution in [3.8, 4) is 0 Å². The molecule has 3 rings (SSSR count).